The van der Waals surface area contributed by atoms with Gasteiger partial charge in [-0.3, -0.25) is 9.78 Å². The first-order valence-electron chi connectivity index (χ1n) is 6.51. The Morgan fingerprint density at radius 3 is 2.90 bits per heavy atom. The summed E-state index contributed by atoms with van der Waals surface area (Å²) in [5.41, 5.74) is 1.65. The van der Waals surface area contributed by atoms with Gasteiger partial charge in [0, 0.05) is 11.9 Å². The molecule has 3 rings (SSSR count). The van der Waals surface area contributed by atoms with E-state index in [2.05, 4.69) is 15.0 Å². The molecular weight excluding hydrogens is 282 g/mol. The van der Waals surface area contributed by atoms with Gasteiger partial charge in [-0.1, -0.05) is 54.2 Å². The molecule has 0 amide bonds. The van der Waals surface area contributed by atoms with E-state index in [9.17, 15) is 4.79 Å². The highest BCUT2D eigenvalue weighted by molar-refractivity contribution is 7.99. The Morgan fingerprint density at radius 2 is 2.05 bits per heavy atom. The lowest BCUT2D eigenvalue weighted by atomic mass is 10.2. The van der Waals surface area contributed by atoms with Crippen LogP contribution in [-0.2, 0) is 0 Å². The van der Waals surface area contributed by atoms with Crippen molar-refractivity contribution in [3.63, 3.8) is 0 Å². The van der Waals surface area contributed by atoms with Gasteiger partial charge < -0.3 is 4.98 Å². The lowest BCUT2D eigenvalue weighted by molar-refractivity contribution is 0.973. The minimum atomic E-state index is -0.128. The first-order chi connectivity index (χ1) is 10.3. The van der Waals surface area contributed by atoms with Gasteiger partial charge in [-0.25, -0.2) is 4.98 Å². The number of aromatic amines is 1. The summed E-state index contributed by atoms with van der Waals surface area (Å²) in [6.45, 7) is 0. The minimum Gasteiger partial charge on any atom is -0.301 e. The highest BCUT2D eigenvalue weighted by atomic mass is 32.2. The molecule has 1 N–H and O–H groups in total. The summed E-state index contributed by atoms with van der Waals surface area (Å²) < 4.78 is 0. The van der Waals surface area contributed by atoms with Gasteiger partial charge in [0.05, 0.1) is 17.1 Å². The zero-order valence-electron chi connectivity index (χ0n) is 11.2. The van der Waals surface area contributed by atoms with Crippen LogP contribution < -0.4 is 5.56 Å². The van der Waals surface area contributed by atoms with E-state index in [0.29, 0.717) is 16.1 Å². The van der Waals surface area contributed by atoms with Crippen molar-refractivity contribution in [3.05, 3.63) is 70.8 Å². The highest BCUT2D eigenvalue weighted by Gasteiger charge is 2.02. The summed E-state index contributed by atoms with van der Waals surface area (Å²) in [7, 11) is 0. The van der Waals surface area contributed by atoms with Crippen molar-refractivity contribution in [1.29, 1.82) is 0 Å². The number of pyridine rings is 1. The molecule has 2 heterocycles. The quantitative estimate of drug-likeness (QED) is 0.593. The van der Waals surface area contributed by atoms with Crippen LogP contribution >= 0.6 is 11.8 Å². The standard InChI is InChI=1S/C16H13N3OS/c20-15-13-8-9-17-11-14(13)18-16(19-15)21-10-4-7-12-5-2-1-3-6-12/h1-9,11H,10H2,(H,18,19,20). The maximum absolute atomic E-state index is 11.9. The average Bonchev–Trinajstić information content (AvgIpc) is 2.53. The first kappa shape index (κ1) is 13.6. The predicted molar refractivity (Wildman–Crippen MR) is 86.4 cm³/mol. The fourth-order valence-electron chi connectivity index (χ4n) is 1.91. The predicted octanol–water partition coefficient (Wildman–Crippen LogP) is 3.12. The Kier molecular flexibility index (Phi) is 4.12. The normalized spacial score (nSPS) is 11.2. The molecule has 0 aliphatic carbocycles. The van der Waals surface area contributed by atoms with E-state index in [-0.39, 0.29) is 5.56 Å². The van der Waals surface area contributed by atoms with Crippen molar-refractivity contribution in [2.75, 3.05) is 5.75 Å². The SMILES string of the molecule is O=c1[nH]c(SCC=Cc2ccccc2)nc2cnccc12. The fourth-order valence-corrected chi connectivity index (χ4v) is 2.59. The number of fused-ring (bicyclic) bond motifs is 1. The summed E-state index contributed by atoms with van der Waals surface area (Å²) in [4.78, 5) is 23.1. The highest BCUT2D eigenvalue weighted by Crippen LogP contribution is 2.14. The zero-order valence-corrected chi connectivity index (χ0v) is 12.0. The monoisotopic (exact) mass is 295 g/mol. The molecule has 2 aromatic heterocycles. The van der Waals surface area contributed by atoms with Gasteiger partial charge in [0.25, 0.3) is 5.56 Å². The second-order valence-corrected chi connectivity index (χ2v) is 5.40. The minimum absolute atomic E-state index is 0.128. The molecule has 0 unspecified atom stereocenters. The van der Waals surface area contributed by atoms with E-state index in [1.54, 1.807) is 18.5 Å². The van der Waals surface area contributed by atoms with Crippen molar-refractivity contribution < 1.29 is 0 Å². The number of nitrogens with zero attached hydrogens (tertiary/aromatic N) is 2. The van der Waals surface area contributed by atoms with Gasteiger partial charge in [-0.2, -0.15) is 0 Å². The van der Waals surface area contributed by atoms with Crippen LogP contribution in [0, 0.1) is 0 Å². The summed E-state index contributed by atoms with van der Waals surface area (Å²) in [5, 5.41) is 1.17. The maximum Gasteiger partial charge on any atom is 0.259 e. The number of nitrogens with one attached hydrogen (secondary N) is 1. The van der Waals surface area contributed by atoms with E-state index in [1.165, 1.54) is 11.8 Å². The molecule has 21 heavy (non-hydrogen) atoms. The molecule has 0 fully saturated rings. The number of thioether (sulfide) groups is 1. The molecule has 0 radical (unpaired) electrons. The third kappa shape index (κ3) is 3.38. The number of benzene rings is 1. The molecule has 0 saturated carbocycles. The number of hydrogen-bond acceptors (Lipinski definition) is 4. The number of hydrogen-bond donors (Lipinski definition) is 1. The zero-order chi connectivity index (χ0) is 14.5. The van der Waals surface area contributed by atoms with Gasteiger partial charge >= 0.3 is 0 Å². The maximum atomic E-state index is 11.9. The number of rotatable bonds is 4. The van der Waals surface area contributed by atoms with Crippen molar-refractivity contribution in [1.82, 2.24) is 15.0 Å². The first-order valence-corrected chi connectivity index (χ1v) is 7.50. The molecule has 0 bridgehead atoms. The van der Waals surface area contributed by atoms with Crippen LogP contribution in [-0.4, -0.2) is 20.7 Å². The van der Waals surface area contributed by atoms with Crippen LogP contribution in [0.1, 0.15) is 5.56 Å². The van der Waals surface area contributed by atoms with E-state index in [1.807, 2.05) is 42.5 Å². The van der Waals surface area contributed by atoms with Crippen LogP contribution in [0.4, 0.5) is 0 Å². The van der Waals surface area contributed by atoms with Gasteiger partial charge in [-0.15, -0.1) is 0 Å². The van der Waals surface area contributed by atoms with Crippen molar-refractivity contribution in [2.24, 2.45) is 0 Å². The van der Waals surface area contributed by atoms with Crippen LogP contribution in [0.2, 0.25) is 0 Å². The molecule has 1 aromatic carbocycles. The average molecular weight is 295 g/mol. The molecule has 0 saturated heterocycles. The third-order valence-corrected chi connectivity index (χ3v) is 3.74. The summed E-state index contributed by atoms with van der Waals surface area (Å²) in [6, 6.07) is 11.8. The van der Waals surface area contributed by atoms with E-state index < -0.39 is 0 Å². The molecule has 0 aliphatic heterocycles. The van der Waals surface area contributed by atoms with Crippen LogP contribution in [0.25, 0.3) is 17.0 Å². The lowest BCUT2D eigenvalue weighted by Gasteiger charge is -2.00. The van der Waals surface area contributed by atoms with Crippen LogP contribution in [0.5, 0.6) is 0 Å². The van der Waals surface area contributed by atoms with E-state index in [0.717, 1.165) is 11.3 Å². The topological polar surface area (TPSA) is 58.6 Å². The van der Waals surface area contributed by atoms with Gasteiger partial charge in [0.15, 0.2) is 5.16 Å². The van der Waals surface area contributed by atoms with E-state index in [4.69, 9.17) is 0 Å². The van der Waals surface area contributed by atoms with E-state index >= 15 is 0 Å². The molecule has 4 nitrogen and oxygen atoms in total. The Labute approximate surface area is 126 Å². The third-order valence-electron chi connectivity index (χ3n) is 2.91. The lowest BCUT2D eigenvalue weighted by Crippen LogP contribution is -2.09. The summed E-state index contributed by atoms with van der Waals surface area (Å²) in [6.07, 6.45) is 7.30. The second-order valence-electron chi connectivity index (χ2n) is 4.39. The van der Waals surface area contributed by atoms with Crippen molar-refractivity contribution >= 4 is 28.7 Å². The van der Waals surface area contributed by atoms with Crippen molar-refractivity contribution in [2.45, 2.75) is 5.16 Å². The number of H-pyrrole nitrogens is 1. The molecule has 0 aliphatic rings. The largest absolute Gasteiger partial charge is 0.301 e. The molecule has 0 spiro atoms. The summed E-state index contributed by atoms with van der Waals surface area (Å²) in [5.74, 6) is 0.740. The molecule has 104 valence electrons. The van der Waals surface area contributed by atoms with Crippen molar-refractivity contribution in [3.8, 4) is 0 Å². The van der Waals surface area contributed by atoms with Crippen LogP contribution in [0.3, 0.4) is 0 Å². The molecule has 3 aromatic rings. The smallest absolute Gasteiger partial charge is 0.259 e. The Hall–Kier alpha value is -2.40. The van der Waals surface area contributed by atoms with Gasteiger partial charge in [-0.05, 0) is 11.6 Å². The second kappa shape index (κ2) is 6.37. The summed E-state index contributed by atoms with van der Waals surface area (Å²) >= 11 is 1.49. The molecular formula is C16H13N3OS. The Balaban J connectivity index is 1.71. The van der Waals surface area contributed by atoms with Gasteiger partial charge in [0.2, 0.25) is 0 Å². The number of aromatic nitrogens is 3. The fraction of sp³-hybridized carbons (Fsp3) is 0.0625. The molecule has 5 heteroatoms. The Morgan fingerprint density at radius 1 is 1.19 bits per heavy atom. The Bertz CT molecular complexity index is 828. The van der Waals surface area contributed by atoms with Gasteiger partial charge in [0.1, 0.15) is 0 Å². The van der Waals surface area contributed by atoms with Crippen LogP contribution in [0.15, 0.2) is 64.8 Å². The molecule has 0 atom stereocenters.